The van der Waals surface area contributed by atoms with Crippen LogP contribution in [0.25, 0.3) is 11.8 Å². The molecule has 2 aromatic carbocycles. The molecule has 0 spiro atoms. The summed E-state index contributed by atoms with van der Waals surface area (Å²) >= 11 is 0. The van der Waals surface area contributed by atoms with Crippen LogP contribution >= 0.6 is 0 Å². The molecule has 1 aliphatic carbocycles. The number of allylic oxidation sites excluding steroid dienone is 1. The van der Waals surface area contributed by atoms with Crippen molar-refractivity contribution in [1.29, 1.82) is 0 Å². The maximum atomic E-state index is 14.0. The van der Waals surface area contributed by atoms with Crippen LogP contribution in [-0.2, 0) is 21.2 Å². The van der Waals surface area contributed by atoms with Gasteiger partial charge in [-0.15, -0.1) is 0 Å². The number of nitrogens with two attached hydrogens (primary N) is 1. The molecule has 5 rings (SSSR count). The minimum atomic E-state index is -3.95. The predicted octanol–water partition coefficient (Wildman–Crippen LogP) is 4.49. The van der Waals surface area contributed by atoms with Gasteiger partial charge < -0.3 is 15.8 Å². The number of sulfonamides is 1. The molecule has 44 heavy (non-hydrogen) atoms. The molecule has 228 valence electrons. The molecule has 0 saturated heterocycles. The quantitative estimate of drug-likeness (QED) is 0.219. The number of halogens is 1. The number of pyridine rings is 1. The molecule has 4 aromatic rings. The second kappa shape index (κ2) is 11.9. The Hall–Kier alpha value is -5.04. The minimum Gasteiger partial charge on any atom is -0.436 e. The number of benzene rings is 2. The van der Waals surface area contributed by atoms with Gasteiger partial charge in [0.1, 0.15) is 11.6 Å². The first-order valence-electron chi connectivity index (χ1n) is 13.7. The number of Topliss-reactive ketones (excluding diaryl/α,β-unsaturated/α-hetero) is 1. The molecule has 11 nitrogen and oxygen atoms in total. The molecule has 1 amide bonds. The number of carbonyl (C=O) groups is 2. The van der Waals surface area contributed by atoms with Crippen LogP contribution in [0.5, 0.6) is 11.6 Å². The fraction of sp³-hybridized carbons (Fsp3) is 0.226. The highest BCUT2D eigenvalue weighted by atomic mass is 32.2. The number of nitrogens with one attached hydrogen (secondary N) is 2. The van der Waals surface area contributed by atoms with E-state index in [4.69, 9.17) is 10.5 Å². The molecule has 0 atom stereocenters. The number of nitrogen functional groups attached to an aromatic ring is 1. The third-order valence-electron chi connectivity index (χ3n) is 6.91. The van der Waals surface area contributed by atoms with Gasteiger partial charge >= 0.3 is 0 Å². The van der Waals surface area contributed by atoms with Crippen molar-refractivity contribution in [1.82, 2.24) is 20.1 Å². The number of hydrogen-bond acceptors (Lipinski definition) is 8. The van der Waals surface area contributed by atoms with Gasteiger partial charge in [0.05, 0.1) is 29.3 Å². The van der Waals surface area contributed by atoms with E-state index in [9.17, 15) is 22.4 Å². The Kier molecular flexibility index (Phi) is 8.24. The normalized spacial score (nSPS) is 12.5. The molecule has 0 fully saturated rings. The number of para-hydroxylation sites is 1. The third-order valence-corrected chi connectivity index (χ3v) is 8.09. The number of ether oxygens (including phenoxy) is 1. The van der Waals surface area contributed by atoms with Gasteiger partial charge in [-0.3, -0.25) is 14.3 Å². The number of aromatic nitrogens is 3. The van der Waals surface area contributed by atoms with Gasteiger partial charge in [0.25, 0.3) is 0 Å². The van der Waals surface area contributed by atoms with Crippen molar-refractivity contribution in [3.8, 4) is 17.3 Å². The van der Waals surface area contributed by atoms with Crippen LogP contribution in [0, 0.1) is 19.7 Å². The van der Waals surface area contributed by atoms with E-state index >= 15 is 0 Å². The second-order valence-corrected chi connectivity index (χ2v) is 12.5. The van der Waals surface area contributed by atoms with Crippen LogP contribution in [0.3, 0.4) is 0 Å². The molecular weight excluding hydrogens is 587 g/mol. The summed E-state index contributed by atoms with van der Waals surface area (Å²) in [5.74, 6) is -1.80. The van der Waals surface area contributed by atoms with Crippen molar-refractivity contribution in [2.75, 3.05) is 16.2 Å². The van der Waals surface area contributed by atoms with Gasteiger partial charge in [0.15, 0.2) is 17.3 Å². The van der Waals surface area contributed by atoms with E-state index in [1.165, 1.54) is 29.2 Å². The van der Waals surface area contributed by atoms with Gasteiger partial charge in [-0.1, -0.05) is 12.1 Å². The highest BCUT2D eigenvalue weighted by Crippen LogP contribution is 2.33. The second-order valence-electron chi connectivity index (χ2n) is 10.8. The summed E-state index contributed by atoms with van der Waals surface area (Å²) in [6.45, 7) is 7.02. The number of fused-ring (bicyclic) bond motifs is 1. The first-order chi connectivity index (χ1) is 20.8. The molecule has 2 aromatic heterocycles. The predicted molar refractivity (Wildman–Crippen MR) is 165 cm³/mol. The topological polar surface area (TPSA) is 158 Å². The van der Waals surface area contributed by atoms with Crippen molar-refractivity contribution in [2.24, 2.45) is 0 Å². The van der Waals surface area contributed by atoms with E-state index in [0.29, 0.717) is 28.1 Å². The summed E-state index contributed by atoms with van der Waals surface area (Å²) in [6, 6.07) is 10.9. The van der Waals surface area contributed by atoms with Crippen LogP contribution in [0.15, 0.2) is 60.4 Å². The van der Waals surface area contributed by atoms with E-state index in [2.05, 4.69) is 20.1 Å². The van der Waals surface area contributed by atoms with Gasteiger partial charge in [-0.2, -0.15) is 5.10 Å². The SMILES string of the molecule is Cc1cc2c(cc1NS(=O)(=O)CC(=O)NC(C)C)CC(C(=O)c1cnn(-c3cnc(Oc4ccccc4F)cc3C)c1N)=C2. The Morgan fingerprint density at radius 3 is 2.57 bits per heavy atom. The molecule has 0 aliphatic heterocycles. The Morgan fingerprint density at radius 2 is 1.86 bits per heavy atom. The number of aryl methyl sites for hydroxylation is 2. The fourth-order valence-corrected chi connectivity index (χ4v) is 5.90. The molecule has 4 N–H and O–H groups in total. The molecule has 1 aliphatic rings. The van der Waals surface area contributed by atoms with E-state index in [0.717, 1.165) is 11.1 Å². The van der Waals surface area contributed by atoms with Crippen molar-refractivity contribution < 1.29 is 27.1 Å². The molecule has 2 heterocycles. The summed E-state index contributed by atoms with van der Waals surface area (Å²) in [4.78, 5) is 29.8. The maximum absolute atomic E-state index is 14.0. The lowest BCUT2D eigenvalue weighted by molar-refractivity contribution is -0.119. The largest absolute Gasteiger partial charge is 0.436 e. The first kappa shape index (κ1) is 30.4. The molecule has 0 unspecified atom stereocenters. The van der Waals surface area contributed by atoms with Crippen LogP contribution in [-0.4, -0.2) is 46.7 Å². The Morgan fingerprint density at radius 1 is 1.11 bits per heavy atom. The van der Waals surface area contributed by atoms with E-state index in [-0.39, 0.29) is 41.3 Å². The molecule has 0 radical (unpaired) electrons. The van der Waals surface area contributed by atoms with Crippen LogP contribution in [0.1, 0.15) is 46.5 Å². The van der Waals surface area contributed by atoms with Crippen molar-refractivity contribution in [2.45, 2.75) is 40.2 Å². The summed E-state index contributed by atoms with van der Waals surface area (Å²) in [6.07, 6.45) is 4.87. The number of hydrogen-bond donors (Lipinski definition) is 3. The smallest absolute Gasteiger partial charge is 0.241 e. The summed E-state index contributed by atoms with van der Waals surface area (Å²) < 4.78 is 48.7. The number of rotatable bonds is 10. The Labute approximate surface area is 254 Å². The van der Waals surface area contributed by atoms with Crippen molar-refractivity contribution >= 4 is 39.3 Å². The Balaban J connectivity index is 1.31. The maximum Gasteiger partial charge on any atom is 0.241 e. The number of anilines is 2. The van der Waals surface area contributed by atoms with Gasteiger partial charge in [-0.25, -0.2) is 22.5 Å². The van der Waals surface area contributed by atoms with Crippen molar-refractivity contribution in [3.63, 3.8) is 0 Å². The van der Waals surface area contributed by atoms with Crippen LogP contribution < -0.4 is 20.5 Å². The lowest BCUT2D eigenvalue weighted by Gasteiger charge is -2.13. The van der Waals surface area contributed by atoms with Gasteiger partial charge in [-0.05, 0) is 80.3 Å². The zero-order chi connectivity index (χ0) is 31.8. The molecule has 0 saturated carbocycles. The monoisotopic (exact) mass is 618 g/mol. The van der Waals surface area contributed by atoms with E-state index in [1.54, 1.807) is 64.1 Å². The highest BCUT2D eigenvalue weighted by Gasteiger charge is 2.26. The van der Waals surface area contributed by atoms with Crippen molar-refractivity contribution in [3.05, 3.63) is 94.1 Å². The van der Waals surface area contributed by atoms with E-state index < -0.39 is 27.5 Å². The average molecular weight is 619 g/mol. The van der Waals surface area contributed by atoms with Crippen LogP contribution in [0.2, 0.25) is 0 Å². The lowest BCUT2D eigenvalue weighted by atomic mass is 10.0. The summed E-state index contributed by atoms with van der Waals surface area (Å²) in [5, 5.41) is 6.88. The number of carbonyl (C=O) groups excluding carboxylic acids is 2. The zero-order valence-corrected chi connectivity index (χ0v) is 25.3. The number of amides is 1. The average Bonchev–Trinajstić information content (AvgIpc) is 3.52. The minimum absolute atomic E-state index is 0.0400. The molecule has 13 heteroatoms. The molecular formula is C31H31FN6O5S. The fourth-order valence-electron chi connectivity index (χ4n) is 4.84. The number of ketones is 1. The van der Waals surface area contributed by atoms with Crippen LogP contribution in [0.4, 0.5) is 15.9 Å². The van der Waals surface area contributed by atoms with Gasteiger partial charge in [0, 0.05) is 24.1 Å². The Bertz CT molecular complexity index is 1930. The summed E-state index contributed by atoms with van der Waals surface area (Å²) in [5.41, 5.74) is 10.7. The third kappa shape index (κ3) is 6.47. The zero-order valence-electron chi connectivity index (χ0n) is 24.5. The first-order valence-corrected chi connectivity index (χ1v) is 15.4. The van der Waals surface area contributed by atoms with Gasteiger partial charge in [0.2, 0.25) is 21.8 Å². The summed E-state index contributed by atoms with van der Waals surface area (Å²) in [7, 11) is -3.95. The van der Waals surface area contributed by atoms with E-state index in [1.807, 2.05) is 0 Å². The lowest BCUT2D eigenvalue weighted by Crippen LogP contribution is -2.36. The standard InChI is InChI=1S/C31H31FN6O5S/c1-17(2)36-28(39)16-44(41,42)37-25-13-21-12-22(11-20(21)9-18(25)3)30(40)23-14-35-38(31(23)33)26-15-34-29(10-19(26)4)43-27-8-6-5-7-24(27)32/h5-11,13-15,17,37H,12,16,33H2,1-4H3,(H,36,39). The number of nitrogens with zero attached hydrogens (tertiary/aromatic N) is 3. The molecule has 0 bridgehead atoms. The highest BCUT2D eigenvalue weighted by molar-refractivity contribution is 7.93.